The normalized spacial score (nSPS) is 17.5. The second-order valence-electron chi connectivity index (χ2n) is 7.70. The van der Waals surface area contributed by atoms with Gasteiger partial charge in [0.1, 0.15) is 5.01 Å². The van der Waals surface area contributed by atoms with Gasteiger partial charge in [0, 0.05) is 49.7 Å². The lowest BCUT2D eigenvalue weighted by atomic mass is 10.2. The minimum Gasteiger partial charge on any atom is -0.340 e. The van der Waals surface area contributed by atoms with E-state index in [9.17, 15) is 9.59 Å². The topological polar surface area (TPSA) is 65.5 Å². The van der Waals surface area contributed by atoms with Crippen molar-refractivity contribution in [2.45, 2.75) is 32.7 Å². The highest BCUT2D eigenvalue weighted by Crippen LogP contribution is 2.31. The van der Waals surface area contributed by atoms with Crippen molar-refractivity contribution in [3.63, 3.8) is 0 Å². The van der Waals surface area contributed by atoms with Crippen LogP contribution in [0.2, 0.25) is 0 Å². The van der Waals surface area contributed by atoms with Crippen LogP contribution >= 0.6 is 11.3 Å². The summed E-state index contributed by atoms with van der Waals surface area (Å²) in [5, 5.41) is 5.79. The van der Waals surface area contributed by atoms with Crippen molar-refractivity contribution in [3.05, 3.63) is 45.9 Å². The van der Waals surface area contributed by atoms with E-state index < -0.39 is 0 Å². The monoisotopic (exact) mass is 398 g/mol. The fourth-order valence-electron chi connectivity index (χ4n) is 3.43. The summed E-state index contributed by atoms with van der Waals surface area (Å²) in [5.41, 5.74) is 2.98. The molecule has 0 radical (unpaired) electrons. The molecule has 0 bridgehead atoms. The molecule has 0 spiro atoms. The van der Waals surface area contributed by atoms with Gasteiger partial charge in [-0.05, 0) is 31.9 Å². The standard InChI is InChI=1S/C21H26N4O2S/c1-15-2-6-17(7-3-15)22-19(26)12-20-23-18(14-28-20)13-24-8-10-25(11-9-24)21(27)16-4-5-16/h2-3,6-7,14,16H,4-5,8-13H2,1H3,(H,22,26). The van der Waals surface area contributed by atoms with E-state index in [1.807, 2.05) is 41.5 Å². The number of amides is 2. The molecule has 28 heavy (non-hydrogen) atoms. The van der Waals surface area contributed by atoms with Crippen molar-refractivity contribution < 1.29 is 9.59 Å². The Morgan fingerprint density at radius 2 is 1.86 bits per heavy atom. The maximum Gasteiger partial charge on any atom is 0.231 e. The second-order valence-corrected chi connectivity index (χ2v) is 8.64. The molecule has 0 atom stereocenters. The maximum absolute atomic E-state index is 12.2. The van der Waals surface area contributed by atoms with Crippen molar-refractivity contribution in [2.75, 3.05) is 31.5 Å². The fraction of sp³-hybridized carbons (Fsp3) is 0.476. The number of aryl methyl sites for hydroxylation is 1. The minimum absolute atomic E-state index is 0.0445. The number of aromatic nitrogens is 1. The molecule has 6 nitrogen and oxygen atoms in total. The van der Waals surface area contributed by atoms with Gasteiger partial charge in [-0.3, -0.25) is 14.5 Å². The zero-order valence-electron chi connectivity index (χ0n) is 16.2. The van der Waals surface area contributed by atoms with Crippen LogP contribution in [0.15, 0.2) is 29.6 Å². The first-order valence-corrected chi connectivity index (χ1v) is 10.8. The maximum atomic E-state index is 12.2. The van der Waals surface area contributed by atoms with Crippen molar-refractivity contribution >= 4 is 28.8 Å². The van der Waals surface area contributed by atoms with Gasteiger partial charge >= 0.3 is 0 Å². The Balaban J connectivity index is 1.23. The predicted octanol–water partition coefficient (Wildman–Crippen LogP) is 2.69. The van der Waals surface area contributed by atoms with E-state index in [0.29, 0.717) is 18.2 Å². The van der Waals surface area contributed by atoms with E-state index in [4.69, 9.17) is 0 Å². The van der Waals surface area contributed by atoms with Gasteiger partial charge in [-0.1, -0.05) is 17.7 Å². The van der Waals surface area contributed by atoms with E-state index >= 15 is 0 Å². The highest BCUT2D eigenvalue weighted by molar-refractivity contribution is 7.09. The summed E-state index contributed by atoms with van der Waals surface area (Å²) in [6.07, 6.45) is 2.43. The summed E-state index contributed by atoms with van der Waals surface area (Å²) >= 11 is 1.53. The number of hydrogen-bond acceptors (Lipinski definition) is 5. The Morgan fingerprint density at radius 1 is 1.14 bits per heavy atom. The number of hydrogen-bond donors (Lipinski definition) is 1. The Morgan fingerprint density at radius 3 is 2.54 bits per heavy atom. The van der Waals surface area contributed by atoms with Gasteiger partial charge in [0.25, 0.3) is 0 Å². The molecule has 148 valence electrons. The van der Waals surface area contributed by atoms with E-state index in [-0.39, 0.29) is 5.91 Å². The Hall–Kier alpha value is -2.25. The molecule has 1 aromatic carbocycles. The molecule has 2 aliphatic rings. The quantitative estimate of drug-likeness (QED) is 0.813. The van der Waals surface area contributed by atoms with E-state index in [1.54, 1.807) is 0 Å². The molecule has 1 N–H and O–H groups in total. The molecular formula is C21H26N4O2S. The van der Waals surface area contributed by atoms with Crippen molar-refractivity contribution in [1.29, 1.82) is 0 Å². The van der Waals surface area contributed by atoms with Crippen LogP contribution in [0.1, 0.15) is 29.1 Å². The smallest absolute Gasteiger partial charge is 0.231 e. The number of carbonyl (C=O) groups is 2. The first kappa shape index (κ1) is 19.1. The summed E-state index contributed by atoms with van der Waals surface area (Å²) < 4.78 is 0. The van der Waals surface area contributed by atoms with Gasteiger partial charge in [-0.15, -0.1) is 11.3 Å². The summed E-state index contributed by atoms with van der Waals surface area (Å²) in [7, 11) is 0. The summed E-state index contributed by atoms with van der Waals surface area (Å²) in [6.45, 7) is 6.20. The number of anilines is 1. The van der Waals surface area contributed by atoms with Gasteiger partial charge < -0.3 is 10.2 Å². The number of nitrogens with one attached hydrogen (secondary N) is 1. The van der Waals surface area contributed by atoms with Crippen molar-refractivity contribution in [1.82, 2.24) is 14.8 Å². The van der Waals surface area contributed by atoms with Gasteiger partial charge in [-0.25, -0.2) is 4.98 Å². The number of carbonyl (C=O) groups excluding carboxylic acids is 2. The summed E-state index contributed by atoms with van der Waals surface area (Å²) in [5.74, 6) is 0.603. The zero-order chi connectivity index (χ0) is 19.5. The third kappa shape index (κ3) is 4.97. The highest BCUT2D eigenvalue weighted by Gasteiger charge is 2.34. The van der Waals surface area contributed by atoms with Crippen LogP contribution in [0.25, 0.3) is 0 Å². The molecule has 2 heterocycles. The highest BCUT2D eigenvalue weighted by atomic mass is 32.1. The third-order valence-electron chi connectivity index (χ3n) is 5.24. The molecule has 1 saturated carbocycles. The molecule has 2 amide bonds. The van der Waals surface area contributed by atoms with Crippen LogP contribution < -0.4 is 5.32 Å². The van der Waals surface area contributed by atoms with Crippen LogP contribution in [0, 0.1) is 12.8 Å². The van der Waals surface area contributed by atoms with Crippen LogP contribution in [-0.2, 0) is 22.6 Å². The second kappa shape index (κ2) is 8.41. The van der Waals surface area contributed by atoms with Crippen molar-refractivity contribution in [3.8, 4) is 0 Å². The average molecular weight is 399 g/mol. The molecule has 2 aromatic rings. The number of rotatable bonds is 6. The largest absolute Gasteiger partial charge is 0.340 e. The molecule has 1 aliphatic heterocycles. The average Bonchev–Trinajstić information content (AvgIpc) is 3.45. The molecule has 7 heteroatoms. The molecule has 1 aliphatic carbocycles. The minimum atomic E-state index is -0.0445. The molecule has 0 unspecified atom stereocenters. The van der Waals surface area contributed by atoms with Crippen molar-refractivity contribution in [2.24, 2.45) is 5.92 Å². The summed E-state index contributed by atoms with van der Waals surface area (Å²) in [6, 6.07) is 7.78. The molecular weight excluding hydrogens is 372 g/mol. The van der Waals surface area contributed by atoms with Gasteiger partial charge in [0.15, 0.2) is 0 Å². The SMILES string of the molecule is Cc1ccc(NC(=O)Cc2nc(CN3CCN(C(=O)C4CC4)CC3)cs2)cc1. The summed E-state index contributed by atoms with van der Waals surface area (Å²) in [4.78, 5) is 33.3. The van der Waals surface area contributed by atoms with Gasteiger partial charge in [0.05, 0.1) is 12.1 Å². The Kier molecular flexibility index (Phi) is 5.73. The number of benzene rings is 1. The molecule has 1 saturated heterocycles. The zero-order valence-corrected chi connectivity index (χ0v) is 17.0. The lowest BCUT2D eigenvalue weighted by Crippen LogP contribution is -2.48. The van der Waals surface area contributed by atoms with Gasteiger partial charge in [-0.2, -0.15) is 0 Å². The van der Waals surface area contributed by atoms with E-state index in [0.717, 1.165) is 62.0 Å². The lowest BCUT2D eigenvalue weighted by Gasteiger charge is -2.34. The van der Waals surface area contributed by atoms with Crippen LogP contribution in [0.5, 0.6) is 0 Å². The van der Waals surface area contributed by atoms with Gasteiger partial charge in [0.2, 0.25) is 11.8 Å². The van der Waals surface area contributed by atoms with Crippen LogP contribution in [-0.4, -0.2) is 52.8 Å². The Labute approximate surface area is 169 Å². The molecule has 1 aromatic heterocycles. The molecule has 4 rings (SSSR count). The number of nitrogens with zero attached hydrogens (tertiary/aromatic N) is 3. The molecule has 2 fully saturated rings. The third-order valence-corrected chi connectivity index (χ3v) is 6.14. The van der Waals surface area contributed by atoms with E-state index in [1.165, 1.54) is 16.9 Å². The first-order chi connectivity index (χ1) is 13.6. The lowest BCUT2D eigenvalue weighted by molar-refractivity contribution is -0.134. The predicted molar refractivity (Wildman–Crippen MR) is 110 cm³/mol. The Bertz CT molecular complexity index is 836. The number of piperazine rings is 1. The van der Waals surface area contributed by atoms with Crippen LogP contribution in [0.4, 0.5) is 5.69 Å². The fourth-order valence-corrected chi connectivity index (χ4v) is 4.21. The van der Waals surface area contributed by atoms with Crippen LogP contribution in [0.3, 0.4) is 0 Å². The van der Waals surface area contributed by atoms with E-state index in [2.05, 4.69) is 15.2 Å². The first-order valence-electron chi connectivity index (χ1n) is 9.88. The number of thiazole rings is 1.